The first-order valence-electron chi connectivity index (χ1n) is 11.4. The van der Waals surface area contributed by atoms with E-state index in [2.05, 4.69) is 10.6 Å². The van der Waals surface area contributed by atoms with Crippen molar-refractivity contribution in [1.29, 1.82) is 0 Å². The highest BCUT2D eigenvalue weighted by Gasteiger charge is 2.39. The highest BCUT2D eigenvalue weighted by Crippen LogP contribution is 2.37. The summed E-state index contributed by atoms with van der Waals surface area (Å²) in [6, 6.07) is 24.1. The molecule has 190 valence electrons. The third-order valence-electron chi connectivity index (χ3n) is 5.57. The second-order valence-electron chi connectivity index (χ2n) is 8.18. The zero-order chi connectivity index (χ0) is 26.6. The van der Waals surface area contributed by atoms with Gasteiger partial charge >= 0.3 is 0 Å². The fourth-order valence-electron chi connectivity index (χ4n) is 3.72. The predicted octanol–water partition coefficient (Wildman–Crippen LogP) is 6.82. The number of furan rings is 1. The molecule has 0 saturated heterocycles. The maximum Gasteiger partial charge on any atom is 0.278 e. The summed E-state index contributed by atoms with van der Waals surface area (Å²) in [4.78, 5) is 41.3. The molecule has 0 spiro atoms. The lowest BCUT2D eigenvalue weighted by molar-refractivity contribution is -0.138. The molecule has 7 nitrogen and oxygen atoms in total. The summed E-state index contributed by atoms with van der Waals surface area (Å²) < 4.78 is 5.35. The quantitative estimate of drug-likeness (QED) is 0.228. The second-order valence-corrected chi connectivity index (χ2v) is 10.1. The Hall–Kier alpha value is -3.98. The zero-order valence-corrected chi connectivity index (χ0v) is 21.9. The molecule has 1 aromatic heterocycles. The molecule has 4 aromatic rings. The van der Waals surface area contributed by atoms with Crippen molar-refractivity contribution < 1.29 is 18.8 Å². The molecule has 5 rings (SSSR count). The van der Waals surface area contributed by atoms with Crippen molar-refractivity contribution in [2.75, 3.05) is 10.6 Å². The van der Waals surface area contributed by atoms with E-state index in [-0.39, 0.29) is 28.1 Å². The number of thioether (sulfide) groups is 1. The lowest BCUT2D eigenvalue weighted by Crippen LogP contribution is -2.31. The van der Waals surface area contributed by atoms with Crippen LogP contribution in [-0.4, -0.2) is 22.6 Å². The number of carbonyl (C=O) groups is 3. The number of para-hydroxylation sites is 1. The van der Waals surface area contributed by atoms with Gasteiger partial charge in [-0.25, -0.2) is 0 Å². The maximum absolute atomic E-state index is 13.3. The van der Waals surface area contributed by atoms with Crippen molar-refractivity contribution >= 4 is 64.1 Å². The minimum absolute atomic E-state index is 0.0208. The fraction of sp³-hybridized carbons (Fsp3) is 0.0357. The fourth-order valence-corrected chi connectivity index (χ4v) is 5.16. The van der Waals surface area contributed by atoms with Crippen molar-refractivity contribution in [1.82, 2.24) is 4.90 Å². The molecule has 0 radical (unpaired) electrons. The second kappa shape index (κ2) is 11.2. The molecule has 0 aliphatic carbocycles. The highest BCUT2D eigenvalue weighted by atomic mass is 35.5. The Kier molecular flexibility index (Phi) is 7.55. The molecule has 0 bridgehead atoms. The van der Waals surface area contributed by atoms with E-state index in [1.165, 1.54) is 12.3 Å². The van der Waals surface area contributed by atoms with Gasteiger partial charge in [-0.15, -0.1) is 0 Å². The van der Waals surface area contributed by atoms with Crippen LogP contribution in [0.25, 0.3) is 0 Å². The predicted molar refractivity (Wildman–Crippen MR) is 148 cm³/mol. The van der Waals surface area contributed by atoms with E-state index in [1.807, 2.05) is 30.3 Å². The van der Waals surface area contributed by atoms with Gasteiger partial charge in [0.25, 0.3) is 17.7 Å². The first-order chi connectivity index (χ1) is 18.4. The van der Waals surface area contributed by atoms with E-state index in [9.17, 15) is 14.4 Å². The number of nitrogens with zero attached hydrogens (tertiary/aromatic N) is 1. The van der Waals surface area contributed by atoms with Gasteiger partial charge in [0, 0.05) is 21.3 Å². The van der Waals surface area contributed by atoms with Gasteiger partial charge in [-0.1, -0.05) is 53.2 Å². The average molecular weight is 564 g/mol. The van der Waals surface area contributed by atoms with Crippen LogP contribution in [0.2, 0.25) is 10.0 Å². The van der Waals surface area contributed by atoms with E-state index in [0.717, 1.165) is 16.7 Å². The standard InChI is InChI=1S/C28H19Cl2N3O4S/c29-17-8-13-22(23(30)15-17)26(34)32-19-9-11-21(12-10-19)38-25-24(31-18-5-2-1-3-6-18)27(35)33(28(25)36)16-20-7-4-14-37-20/h1-15,31H,16H2,(H,32,34). The molecule has 3 amide bonds. The van der Waals surface area contributed by atoms with Crippen LogP contribution in [-0.2, 0) is 16.1 Å². The molecule has 10 heteroatoms. The van der Waals surface area contributed by atoms with Crippen LogP contribution in [0, 0.1) is 0 Å². The van der Waals surface area contributed by atoms with Gasteiger partial charge in [-0.2, -0.15) is 0 Å². The van der Waals surface area contributed by atoms with Gasteiger partial charge < -0.3 is 15.1 Å². The molecule has 0 fully saturated rings. The maximum atomic E-state index is 13.3. The first kappa shape index (κ1) is 25.7. The van der Waals surface area contributed by atoms with Crippen LogP contribution in [0.5, 0.6) is 0 Å². The molecular weight excluding hydrogens is 545 g/mol. The monoisotopic (exact) mass is 563 g/mol. The number of anilines is 2. The van der Waals surface area contributed by atoms with Gasteiger partial charge in [0.2, 0.25) is 0 Å². The minimum atomic E-state index is -0.443. The molecule has 38 heavy (non-hydrogen) atoms. The molecule has 3 aromatic carbocycles. The summed E-state index contributed by atoms with van der Waals surface area (Å²) in [5, 5.41) is 6.57. The molecule has 0 atom stereocenters. The number of hydrogen-bond donors (Lipinski definition) is 2. The summed E-state index contributed by atoms with van der Waals surface area (Å²) >= 11 is 13.2. The van der Waals surface area contributed by atoms with Gasteiger partial charge in [0.15, 0.2) is 0 Å². The van der Waals surface area contributed by atoms with Crippen LogP contribution in [0.3, 0.4) is 0 Å². The number of carbonyl (C=O) groups excluding carboxylic acids is 3. The number of amides is 3. The highest BCUT2D eigenvalue weighted by molar-refractivity contribution is 8.04. The molecule has 1 aliphatic rings. The van der Waals surface area contributed by atoms with Gasteiger partial charge in [0.1, 0.15) is 16.4 Å². The third kappa shape index (κ3) is 5.62. The molecular formula is C28H19Cl2N3O4S. The van der Waals surface area contributed by atoms with Gasteiger partial charge in [-0.3, -0.25) is 19.3 Å². The van der Waals surface area contributed by atoms with Crippen molar-refractivity contribution in [3.8, 4) is 0 Å². The van der Waals surface area contributed by atoms with Crippen LogP contribution < -0.4 is 10.6 Å². The first-order valence-corrected chi connectivity index (χ1v) is 13.0. The number of imide groups is 1. The Morgan fingerprint density at radius 3 is 2.32 bits per heavy atom. The number of rotatable bonds is 8. The van der Waals surface area contributed by atoms with Crippen molar-refractivity contribution in [2.45, 2.75) is 11.4 Å². The Balaban J connectivity index is 1.36. The normalized spacial score (nSPS) is 13.3. The van der Waals surface area contributed by atoms with Crippen LogP contribution in [0.4, 0.5) is 11.4 Å². The van der Waals surface area contributed by atoms with Crippen molar-refractivity contribution in [2.24, 2.45) is 0 Å². The molecule has 0 unspecified atom stereocenters. The topological polar surface area (TPSA) is 91.7 Å². The number of hydrogen-bond acceptors (Lipinski definition) is 6. The van der Waals surface area contributed by atoms with E-state index in [1.54, 1.807) is 48.5 Å². The smallest absolute Gasteiger partial charge is 0.278 e. The average Bonchev–Trinajstić information content (AvgIpc) is 3.50. The lowest BCUT2D eigenvalue weighted by Gasteiger charge is -2.13. The largest absolute Gasteiger partial charge is 0.467 e. The summed E-state index contributed by atoms with van der Waals surface area (Å²) in [5.41, 5.74) is 1.70. The van der Waals surface area contributed by atoms with Crippen molar-refractivity contribution in [3.05, 3.63) is 123 Å². The van der Waals surface area contributed by atoms with E-state index in [0.29, 0.717) is 32.6 Å². The van der Waals surface area contributed by atoms with E-state index in [4.69, 9.17) is 27.6 Å². The van der Waals surface area contributed by atoms with Gasteiger partial charge in [-0.05, 0) is 66.7 Å². The Morgan fingerprint density at radius 2 is 1.63 bits per heavy atom. The number of halogens is 2. The Morgan fingerprint density at radius 1 is 0.868 bits per heavy atom. The van der Waals surface area contributed by atoms with E-state index < -0.39 is 11.8 Å². The Labute approximate surface area is 232 Å². The zero-order valence-electron chi connectivity index (χ0n) is 19.6. The van der Waals surface area contributed by atoms with Crippen LogP contribution in [0.15, 0.2) is 111 Å². The number of nitrogens with one attached hydrogen (secondary N) is 2. The Bertz CT molecular complexity index is 1540. The SMILES string of the molecule is O=C(Nc1ccc(SC2=C(Nc3ccccc3)C(=O)N(Cc3ccco3)C2=O)cc1)c1ccc(Cl)cc1Cl. The lowest BCUT2D eigenvalue weighted by atomic mass is 10.2. The summed E-state index contributed by atoms with van der Waals surface area (Å²) in [7, 11) is 0. The third-order valence-corrected chi connectivity index (χ3v) is 7.21. The molecule has 2 heterocycles. The minimum Gasteiger partial charge on any atom is -0.467 e. The summed E-state index contributed by atoms with van der Waals surface area (Å²) in [6.07, 6.45) is 1.49. The van der Waals surface area contributed by atoms with Crippen LogP contribution >= 0.6 is 35.0 Å². The summed E-state index contributed by atoms with van der Waals surface area (Å²) in [5.74, 6) is -0.752. The number of benzene rings is 3. The van der Waals surface area contributed by atoms with Crippen LogP contribution in [0.1, 0.15) is 16.1 Å². The molecule has 2 N–H and O–H groups in total. The van der Waals surface area contributed by atoms with E-state index >= 15 is 0 Å². The van der Waals surface area contributed by atoms with Crippen molar-refractivity contribution in [3.63, 3.8) is 0 Å². The molecule has 1 aliphatic heterocycles. The van der Waals surface area contributed by atoms with Gasteiger partial charge in [0.05, 0.1) is 23.4 Å². The molecule has 0 saturated carbocycles. The summed E-state index contributed by atoms with van der Waals surface area (Å²) in [6.45, 7) is 0.0208.